The van der Waals surface area contributed by atoms with Crippen LogP contribution in [0.5, 0.6) is 0 Å². The number of nitrogens with zero attached hydrogens (tertiary/aromatic N) is 2. The van der Waals surface area contributed by atoms with Crippen molar-refractivity contribution in [3.05, 3.63) is 52.4 Å². The first-order valence-electron chi connectivity index (χ1n) is 6.43. The molecular formula is C14H17ClN2O3S. The lowest BCUT2D eigenvalue weighted by Gasteiger charge is -2.24. The largest absolute Gasteiger partial charge is 0.360 e. The molecule has 2 aromatic rings. The van der Waals surface area contributed by atoms with Crippen LogP contribution in [-0.4, -0.2) is 24.9 Å². The van der Waals surface area contributed by atoms with E-state index in [9.17, 15) is 8.42 Å². The third-order valence-electron chi connectivity index (χ3n) is 3.34. The summed E-state index contributed by atoms with van der Waals surface area (Å²) in [5.41, 5.74) is 1.54. The van der Waals surface area contributed by atoms with E-state index in [0.717, 1.165) is 5.56 Å². The Bertz CT molecular complexity index is 710. The molecule has 1 aromatic carbocycles. The molecule has 114 valence electrons. The summed E-state index contributed by atoms with van der Waals surface area (Å²) in [6, 6.07) is 8.45. The van der Waals surface area contributed by atoms with Gasteiger partial charge in [-0.25, -0.2) is 8.42 Å². The molecule has 0 N–H and O–H groups in total. The van der Waals surface area contributed by atoms with Crippen LogP contribution in [0.2, 0.25) is 5.02 Å². The van der Waals surface area contributed by atoms with Crippen molar-refractivity contribution in [2.45, 2.75) is 25.6 Å². The molecule has 5 nitrogen and oxygen atoms in total. The number of benzene rings is 1. The van der Waals surface area contributed by atoms with E-state index in [1.54, 1.807) is 32.2 Å². The predicted octanol–water partition coefficient (Wildman–Crippen LogP) is 3.16. The molecule has 0 bridgehead atoms. The first kappa shape index (κ1) is 16.0. The van der Waals surface area contributed by atoms with Crippen LogP contribution in [0.4, 0.5) is 0 Å². The fourth-order valence-corrected chi connectivity index (χ4v) is 3.39. The second-order valence-electron chi connectivity index (χ2n) is 4.93. The van der Waals surface area contributed by atoms with Gasteiger partial charge in [0, 0.05) is 24.2 Å². The van der Waals surface area contributed by atoms with Crippen LogP contribution in [0.3, 0.4) is 0 Å². The summed E-state index contributed by atoms with van der Waals surface area (Å²) in [6.07, 6.45) is 0. The average Bonchev–Trinajstić information content (AvgIpc) is 2.82. The van der Waals surface area contributed by atoms with Gasteiger partial charge in [-0.2, -0.15) is 4.31 Å². The molecular weight excluding hydrogens is 312 g/mol. The van der Waals surface area contributed by atoms with E-state index >= 15 is 0 Å². The van der Waals surface area contributed by atoms with Gasteiger partial charge in [-0.05, 0) is 31.5 Å². The maximum Gasteiger partial charge on any atom is 0.221 e. The first-order valence-corrected chi connectivity index (χ1v) is 8.41. The Morgan fingerprint density at radius 3 is 2.48 bits per heavy atom. The maximum absolute atomic E-state index is 12.4. The van der Waals surface area contributed by atoms with E-state index < -0.39 is 10.0 Å². The highest BCUT2D eigenvalue weighted by molar-refractivity contribution is 7.88. The predicted molar refractivity (Wildman–Crippen MR) is 81.5 cm³/mol. The summed E-state index contributed by atoms with van der Waals surface area (Å²) in [6.45, 7) is 3.58. The third-order valence-corrected chi connectivity index (χ3v) is 5.43. The minimum absolute atomic E-state index is 0.206. The number of halogens is 1. The van der Waals surface area contributed by atoms with Crippen LogP contribution < -0.4 is 0 Å². The monoisotopic (exact) mass is 328 g/mol. The van der Waals surface area contributed by atoms with E-state index in [0.29, 0.717) is 16.5 Å². The van der Waals surface area contributed by atoms with Crippen LogP contribution in [0, 0.1) is 6.92 Å². The summed E-state index contributed by atoms with van der Waals surface area (Å²) < 4.78 is 31.1. The Labute approximate surface area is 129 Å². The molecule has 2 rings (SSSR count). The van der Waals surface area contributed by atoms with Crippen molar-refractivity contribution in [1.29, 1.82) is 0 Å². The maximum atomic E-state index is 12.4. The van der Waals surface area contributed by atoms with Crippen LogP contribution in [-0.2, 0) is 15.8 Å². The highest BCUT2D eigenvalue weighted by Gasteiger charge is 2.26. The number of aryl methyl sites for hydroxylation is 1. The fraction of sp³-hybridized carbons (Fsp3) is 0.357. The fourth-order valence-electron chi connectivity index (χ4n) is 1.96. The van der Waals surface area contributed by atoms with Gasteiger partial charge in [0.2, 0.25) is 10.0 Å². The van der Waals surface area contributed by atoms with Crippen molar-refractivity contribution in [1.82, 2.24) is 9.46 Å². The Morgan fingerprint density at radius 2 is 1.95 bits per heavy atom. The summed E-state index contributed by atoms with van der Waals surface area (Å²) >= 11 is 5.84. The topological polar surface area (TPSA) is 63.4 Å². The van der Waals surface area contributed by atoms with E-state index in [1.165, 1.54) is 4.31 Å². The highest BCUT2D eigenvalue weighted by Crippen LogP contribution is 2.24. The van der Waals surface area contributed by atoms with E-state index in [-0.39, 0.29) is 11.8 Å². The Balaban J connectivity index is 2.17. The first-order chi connectivity index (χ1) is 9.79. The number of hydrogen-bond acceptors (Lipinski definition) is 4. The molecule has 0 fully saturated rings. The smallest absolute Gasteiger partial charge is 0.221 e. The number of sulfonamides is 1. The van der Waals surface area contributed by atoms with E-state index in [2.05, 4.69) is 5.16 Å². The van der Waals surface area contributed by atoms with Gasteiger partial charge in [0.05, 0.1) is 5.69 Å². The zero-order valence-electron chi connectivity index (χ0n) is 12.1. The van der Waals surface area contributed by atoms with Crippen LogP contribution >= 0.6 is 11.6 Å². The van der Waals surface area contributed by atoms with Crippen molar-refractivity contribution >= 4 is 21.6 Å². The van der Waals surface area contributed by atoms with Gasteiger partial charge >= 0.3 is 0 Å². The molecule has 0 aliphatic carbocycles. The molecule has 0 aliphatic rings. The van der Waals surface area contributed by atoms with Gasteiger partial charge in [0.25, 0.3) is 0 Å². The molecule has 1 aromatic heterocycles. The number of hydrogen-bond donors (Lipinski definition) is 0. The third kappa shape index (κ3) is 3.84. The molecule has 0 aliphatic heterocycles. The van der Waals surface area contributed by atoms with Crippen LogP contribution in [0.25, 0.3) is 0 Å². The lowest BCUT2D eigenvalue weighted by molar-refractivity contribution is 0.373. The summed E-state index contributed by atoms with van der Waals surface area (Å²) in [4.78, 5) is 0. The van der Waals surface area contributed by atoms with Crippen molar-refractivity contribution in [2.24, 2.45) is 0 Å². The van der Waals surface area contributed by atoms with Crippen molar-refractivity contribution in [3.8, 4) is 0 Å². The van der Waals surface area contributed by atoms with Crippen molar-refractivity contribution < 1.29 is 12.9 Å². The molecule has 0 saturated heterocycles. The highest BCUT2D eigenvalue weighted by atomic mass is 35.5. The normalized spacial score (nSPS) is 13.6. The number of aromatic nitrogens is 1. The summed E-state index contributed by atoms with van der Waals surface area (Å²) in [7, 11) is -1.94. The molecule has 0 saturated carbocycles. The van der Waals surface area contributed by atoms with Crippen molar-refractivity contribution in [2.75, 3.05) is 7.05 Å². The van der Waals surface area contributed by atoms with Gasteiger partial charge in [0.1, 0.15) is 5.75 Å². The Hall–Kier alpha value is -1.37. The quantitative estimate of drug-likeness (QED) is 0.845. The minimum atomic E-state index is -3.49. The second-order valence-corrected chi connectivity index (χ2v) is 7.40. The van der Waals surface area contributed by atoms with E-state index in [1.807, 2.05) is 19.1 Å². The molecule has 21 heavy (non-hydrogen) atoms. The van der Waals surface area contributed by atoms with Gasteiger partial charge in [-0.1, -0.05) is 28.9 Å². The standard InChI is InChI=1S/C14H17ClN2O3S/c1-10-8-14(20-16-10)9-21(18,19)17(3)11(2)12-4-6-13(15)7-5-12/h4-8,11H,9H2,1-3H3. The summed E-state index contributed by atoms with van der Waals surface area (Å²) in [5.74, 6) is 0.130. The van der Waals surface area contributed by atoms with Gasteiger partial charge in [0.15, 0.2) is 5.76 Å². The molecule has 7 heteroatoms. The Kier molecular flexibility index (Phi) is 4.70. The second kappa shape index (κ2) is 6.17. The van der Waals surface area contributed by atoms with Gasteiger partial charge < -0.3 is 4.52 Å². The van der Waals surface area contributed by atoms with Gasteiger partial charge in [-0.15, -0.1) is 0 Å². The SMILES string of the molecule is Cc1cc(CS(=O)(=O)N(C)C(C)c2ccc(Cl)cc2)on1. The molecule has 0 radical (unpaired) electrons. The minimum Gasteiger partial charge on any atom is -0.360 e. The van der Waals surface area contributed by atoms with Gasteiger partial charge in [-0.3, -0.25) is 0 Å². The number of rotatable bonds is 5. The van der Waals surface area contributed by atoms with Crippen molar-refractivity contribution in [3.63, 3.8) is 0 Å². The summed E-state index contributed by atoms with van der Waals surface area (Å²) in [5, 5.41) is 4.32. The zero-order valence-corrected chi connectivity index (χ0v) is 13.6. The Morgan fingerprint density at radius 1 is 1.33 bits per heavy atom. The molecule has 1 unspecified atom stereocenters. The van der Waals surface area contributed by atoms with E-state index in [4.69, 9.17) is 16.1 Å². The zero-order chi connectivity index (χ0) is 15.6. The molecule has 0 amide bonds. The molecule has 0 spiro atoms. The lowest BCUT2D eigenvalue weighted by Crippen LogP contribution is -2.30. The van der Waals surface area contributed by atoms with Crippen LogP contribution in [0.15, 0.2) is 34.9 Å². The lowest BCUT2D eigenvalue weighted by atomic mass is 10.1. The molecule has 1 atom stereocenters. The average molecular weight is 329 g/mol. The van der Waals surface area contributed by atoms with Crippen LogP contribution in [0.1, 0.15) is 30.0 Å². The molecule has 1 heterocycles.